The van der Waals surface area contributed by atoms with E-state index in [1.54, 1.807) is 30.5 Å². The Morgan fingerprint density at radius 1 is 1.16 bits per heavy atom. The van der Waals surface area contributed by atoms with Crippen LogP contribution in [0.15, 0.2) is 48.8 Å². The monoisotopic (exact) mass is 379 g/mol. The second kappa shape index (κ2) is 8.17. The van der Waals surface area contributed by atoms with Gasteiger partial charge in [-0.15, -0.1) is 0 Å². The van der Waals surface area contributed by atoms with E-state index in [4.69, 9.17) is 11.6 Å². The molecule has 25 heavy (non-hydrogen) atoms. The van der Waals surface area contributed by atoms with Gasteiger partial charge >= 0.3 is 0 Å². The maximum atomic E-state index is 12.3. The van der Waals surface area contributed by atoms with E-state index < -0.39 is 10.0 Å². The third kappa shape index (κ3) is 5.17. The van der Waals surface area contributed by atoms with Crippen LogP contribution in [0.3, 0.4) is 0 Å². The van der Waals surface area contributed by atoms with Crippen molar-refractivity contribution in [3.63, 3.8) is 0 Å². The Hall–Kier alpha value is -1.63. The van der Waals surface area contributed by atoms with Crippen LogP contribution in [-0.4, -0.2) is 33.0 Å². The number of halogens is 1. The summed E-state index contributed by atoms with van der Waals surface area (Å²) in [5.41, 5.74) is 1.75. The number of pyridine rings is 1. The van der Waals surface area contributed by atoms with Crippen molar-refractivity contribution in [2.45, 2.75) is 18.6 Å². The highest BCUT2D eigenvalue weighted by molar-refractivity contribution is 7.88. The molecule has 1 aliphatic rings. The Balaban J connectivity index is 1.48. The van der Waals surface area contributed by atoms with E-state index in [9.17, 15) is 8.42 Å². The number of sulfonamides is 1. The summed E-state index contributed by atoms with van der Waals surface area (Å²) in [6.07, 6.45) is 5.56. The highest BCUT2D eigenvalue weighted by atomic mass is 35.5. The molecule has 2 aromatic rings. The minimum absolute atomic E-state index is 0.0821. The number of hydrogen-bond donors (Lipinski definition) is 1. The van der Waals surface area contributed by atoms with Crippen molar-refractivity contribution in [1.29, 1.82) is 0 Å². The van der Waals surface area contributed by atoms with Crippen LogP contribution in [0.4, 0.5) is 5.69 Å². The molecule has 1 aromatic heterocycles. The fraction of sp³-hybridized carbons (Fsp3) is 0.389. The van der Waals surface area contributed by atoms with Crippen LogP contribution in [0.5, 0.6) is 0 Å². The molecule has 3 rings (SSSR count). The van der Waals surface area contributed by atoms with Crippen molar-refractivity contribution in [2.24, 2.45) is 5.92 Å². The smallest absolute Gasteiger partial charge is 0.215 e. The average molecular weight is 380 g/mol. The van der Waals surface area contributed by atoms with Gasteiger partial charge in [0.05, 0.1) is 17.6 Å². The van der Waals surface area contributed by atoms with E-state index in [1.807, 2.05) is 12.3 Å². The lowest BCUT2D eigenvalue weighted by Gasteiger charge is -2.33. The zero-order chi connectivity index (χ0) is 17.7. The number of nitrogens with zero attached hydrogens (tertiary/aromatic N) is 2. The van der Waals surface area contributed by atoms with Crippen molar-refractivity contribution < 1.29 is 8.42 Å². The van der Waals surface area contributed by atoms with Crippen LogP contribution in [0, 0.1) is 5.92 Å². The number of benzene rings is 1. The van der Waals surface area contributed by atoms with E-state index in [0.29, 0.717) is 23.0 Å². The molecule has 0 atom stereocenters. The van der Waals surface area contributed by atoms with Gasteiger partial charge in [-0.3, -0.25) is 4.98 Å². The summed E-state index contributed by atoms with van der Waals surface area (Å²) in [6, 6.07) is 11.0. The number of rotatable bonds is 6. The van der Waals surface area contributed by atoms with Gasteiger partial charge in [-0.1, -0.05) is 29.8 Å². The second-order valence-corrected chi connectivity index (χ2v) is 8.55. The predicted octanol–water partition coefficient (Wildman–Crippen LogP) is 3.07. The van der Waals surface area contributed by atoms with Crippen LogP contribution >= 0.6 is 11.6 Å². The Morgan fingerprint density at radius 2 is 1.92 bits per heavy atom. The van der Waals surface area contributed by atoms with Gasteiger partial charge in [-0.25, -0.2) is 13.1 Å². The molecule has 0 aliphatic carbocycles. The molecule has 0 amide bonds. The first-order chi connectivity index (χ1) is 12.0. The summed E-state index contributed by atoms with van der Waals surface area (Å²) in [5, 5.41) is 0.484. The van der Waals surface area contributed by atoms with Gasteiger partial charge in [-0.05, 0) is 42.5 Å². The average Bonchev–Trinajstić information content (AvgIpc) is 2.63. The quantitative estimate of drug-likeness (QED) is 0.837. The van der Waals surface area contributed by atoms with E-state index in [-0.39, 0.29) is 5.75 Å². The minimum atomic E-state index is -3.38. The molecule has 2 heterocycles. The molecule has 5 nitrogen and oxygen atoms in total. The number of aromatic nitrogens is 1. The minimum Gasteiger partial charge on any atom is -0.370 e. The van der Waals surface area contributed by atoms with Gasteiger partial charge in [0.2, 0.25) is 10.0 Å². The first-order valence-electron chi connectivity index (χ1n) is 8.39. The molecule has 0 radical (unpaired) electrons. The topological polar surface area (TPSA) is 62.3 Å². The van der Waals surface area contributed by atoms with Gasteiger partial charge in [0.25, 0.3) is 0 Å². The van der Waals surface area contributed by atoms with Crippen LogP contribution < -0.4 is 9.62 Å². The molecule has 0 saturated carbocycles. The molecule has 1 aromatic carbocycles. The summed E-state index contributed by atoms with van der Waals surface area (Å²) < 4.78 is 27.3. The fourth-order valence-electron chi connectivity index (χ4n) is 3.05. The molecular formula is C18H22ClN3O2S. The zero-order valence-corrected chi connectivity index (χ0v) is 15.5. The number of piperidine rings is 1. The molecule has 1 saturated heterocycles. The van der Waals surface area contributed by atoms with E-state index in [2.05, 4.69) is 20.7 Å². The van der Waals surface area contributed by atoms with Gasteiger partial charge in [0.15, 0.2) is 0 Å². The molecule has 0 spiro atoms. The SMILES string of the molecule is O=S(=O)(Cc1ccccc1Cl)NCC1CCN(c2cccnc2)CC1. The molecule has 134 valence electrons. The van der Waals surface area contributed by atoms with Crippen LogP contribution in [0.25, 0.3) is 0 Å². The summed E-state index contributed by atoms with van der Waals surface area (Å²) in [5.74, 6) is 0.273. The molecule has 7 heteroatoms. The fourth-order valence-corrected chi connectivity index (χ4v) is 4.59. The van der Waals surface area contributed by atoms with Crippen molar-refractivity contribution in [1.82, 2.24) is 9.71 Å². The predicted molar refractivity (Wildman–Crippen MR) is 101 cm³/mol. The summed E-state index contributed by atoms with van der Waals surface area (Å²) in [6.45, 7) is 2.32. The van der Waals surface area contributed by atoms with Gasteiger partial charge in [0, 0.05) is 30.9 Å². The molecular weight excluding hydrogens is 358 g/mol. The summed E-state index contributed by atoms with van der Waals surface area (Å²) >= 11 is 6.05. The Morgan fingerprint density at radius 3 is 2.60 bits per heavy atom. The van der Waals surface area contributed by atoms with E-state index >= 15 is 0 Å². The Bertz CT molecular complexity index is 791. The van der Waals surface area contributed by atoms with Crippen molar-refractivity contribution in [2.75, 3.05) is 24.5 Å². The lowest BCUT2D eigenvalue weighted by atomic mass is 9.97. The van der Waals surface area contributed by atoms with Crippen LogP contribution in [-0.2, 0) is 15.8 Å². The highest BCUT2D eigenvalue weighted by Crippen LogP contribution is 2.22. The third-order valence-corrected chi connectivity index (χ3v) is 6.19. The Kier molecular flexibility index (Phi) is 5.93. The maximum absolute atomic E-state index is 12.3. The maximum Gasteiger partial charge on any atom is 0.215 e. The number of nitrogens with one attached hydrogen (secondary N) is 1. The summed E-state index contributed by atoms with van der Waals surface area (Å²) in [4.78, 5) is 6.44. The normalized spacial score (nSPS) is 16.1. The standard InChI is InChI=1S/C18H22ClN3O2S/c19-18-6-2-1-4-16(18)14-25(23,24)21-12-15-7-10-22(11-8-15)17-5-3-9-20-13-17/h1-6,9,13,15,21H,7-8,10-12,14H2. The molecule has 1 aliphatic heterocycles. The molecule has 0 bridgehead atoms. The zero-order valence-electron chi connectivity index (χ0n) is 13.9. The Labute approximate surface area is 154 Å². The lowest BCUT2D eigenvalue weighted by molar-refractivity contribution is 0.402. The first-order valence-corrected chi connectivity index (χ1v) is 10.4. The second-order valence-electron chi connectivity index (χ2n) is 6.34. The van der Waals surface area contributed by atoms with Crippen LogP contribution in [0.2, 0.25) is 5.02 Å². The largest absolute Gasteiger partial charge is 0.370 e. The number of hydrogen-bond acceptors (Lipinski definition) is 4. The molecule has 0 unspecified atom stereocenters. The molecule has 1 fully saturated rings. The molecule has 1 N–H and O–H groups in total. The lowest BCUT2D eigenvalue weighted by Crippen LogP contribution is -2.39. The number of anilines is 1. The van der Waals surface area contributed by atoms with Gasteiger partial charge in [-0.2, -0.15) is 0 Å². The third-order valence-electron chi connectivity index (χ3n) is 4.52. The first kappa shape index (κ1) is 18.2. The van der Waals surface area contributed by atoms with E-state index in [1.165, 1.54) is 0 Å². The van der Waals surface area contributed by atoms with Crippen molar-refractivity contribution in [3.05, 3.63) is 59.4 Å². The van der Waals surface area contributed by atoms with E-state index in [0.717, 1.165) is 31.6 Å². The highest BCUT2D eigenvalue weighted by Gasteiger charge is 2.22. The van der Waals surface area contributed by atoms with Gasteiger partial charge in [0.1, 0.15) is 0 Å². The van der Waals surface area contributed by atoms with Gasteiger partial charge < -0.3 is 4.90 Å². The van der Waals surface area contributed by atoms with Crippen LogP contribution in [0.1, 0.15) is 18.4 Å². The van der Waals surface area contributed by atoms with Crippen molar-refractivity contribution in [3.8, 4) is 0 Å². The summed E-state index contributed by atoms with van der Waals surface area (Å²) in [7, 11) is -3.38. The van der Waals surface area contributed by atoms with Crippen molar-refractivity contribution >= 4 is 27.3 Å².